The van der Waals surface area contributed by atoms with Crippen LogP contribution in [-0.4, -0.2) is 0 Å². The molecule has 1 aliphatic carbocycles. The Morgan fingerprint density at radius 1 is 0.710 bits per heavy atom. The highest BCUT2D eigenvalue weighted by Crippen LogP contribution is 2.53. The standard InChI is InChI=1S/C29H32BrCl/c1-27(2,3)19-11-17(12-20(15-19)28(4,5)6)18-13-23-22-10-9-21(31)16-24(22)29(7,8)26(23)25(30)14-18/h9-16H,1-8H3. The Labute approximate surface area is 201 Å². The van der Waals surface area contributed by atoms with Crippen LogP contribution in [0.3, 0.4) is 0 Å². The quantitative estimate of drug-likeness (QED) is 0.315. The van der Waals surface area contributed by atoms with Crippen LogP contribution in [0.1, 0.15) is 77.6 Å². The highest BCUT2D eigenvalue weighted by atomic mass is 79.9. The second-order valence-corrected chi connectivity index (χ2v) is 12.8. The fourth-order valence-electron chi connectivity index (χ4n) is 4.68. The Kier molecular flexibility index (Phi) is 5.27. The summed E-state index contributed by atoms with van der Waals surface area (Å²) in [5.41, 5.74) is 10.6. The van der Waals surface area contributed by atoms with Crippen LogP contribution < -0.4 is 0 Å². The third-order valence-corrected chi connectivity index (χ3v) is 7.52. The zero-order chi connectivity index (χ0) is 22.9. The van der Waals surface area contributed by atoms with Crippen molar-refractivity contribution in [2.45, 2.75) is 71.6 Å². The molecule has 0 atom stereocenters. The van der Waals surface area contributed by atoms with Crippen molar-refractivity contribution in [3.63, 3.8) is 0 Å². The predicted octanol–water partition coefficient (Wildman–Crippen LogP) is 9.67. The number of fused-ring (bicyclic) bond motifs is 3. The average Bonchev–Trinajstić information content (AvgIpc) is 2.87. The van der Waals surface area contributed by atoms with Crippen LogP contribution in [0.15, 0.2) is 53.0 Å². The van der Waals surface area contributed by atoms with Gasteiger partial charge in [0, 0.05) is 14.9 Å². The molecule has 3 aromatic rings. The lowest BCUT2D eigenvalue weighted by Crippen LogP contribution is -2.16. The van der Waals surface area contributed by atoms with Gasteiger partial charge >= 0.3 is 0 Å². The highest BCUT2D eigenvalue weighted by molar-refractivity contribution is 9.10. The van der Waals surface area contributed by atoms with Crippen molar-refractivity contribution in [3.8, 4) is 22.3 Å². The first-order valence-electron chi connectivity index (χ1n) is 11.0. The van der Waals surface area contributed by atoms with Crippen molar-refractivity contribution < 1.29 is 0 Å². The van der Waals surface area contributed by atoms with Crippen LogP contribution in [0.4, 0.5) is 0 Å². The van der Waals surface area contributed by atoms with E-state index in [0.29, 0.717) is 0 Å². The van der Waals surface area contributed by atoms with Crippen molar-refractivity contribution >= 4 is 27.5 Å². The van der Waals surface area contributed by atoms with Crippen molar-refractivity contribution in [2.24, 2.45) is 0 Å². The summed E-state index contributed by atoms with van der Waals surface area (Å²) in [4.78, 5) is 0. The molecule has 0 saturated carbocycles. The molecule has 162 valence electrons. The molecule has 0 saturated heterocycles. The topological polar surface area (TPSA) is 0 Å². The molecular formula is C29H32BrCl. The molecule has 0 N–H and O–H groups in total. The summed E-state index contributed by atoms with van der Waals surface area (Å²) in [5, 5.41) is 0.795. The molecule has 0 amide bonds. The minimum atomic E-state index is -0.0865. The Balaban J connectivity index is 1.98. The molecule has 0 aromatic heterocycles. The van der Waals surface area contributed by atoms with Crippen molar-refractivity contribution in [1.29, 1.82) is 0 Å². The number of hydrogen-bond donors (Lipinski definition) is 0. The summed E-state index contributed by atoms with van der Waals surface area (Å²) in [6, 6.07) is 18.1. The molecule has 1 aliphatic rings. The lowest BCUT2D eigenvalue weighted by Gasteiger charge is -2.27. The van der Waals surface area contributed by atoms with Gasteiger partial charge in [-0.25, -0.2) is 0 Å². The Morgan fingerprint density at radius 3 is 1.81 bits per heavy atom. The van der Waals surface area contributed by atoms with E-state index in [1.165, 1.54) is 44.5 Å². The van der Waals surface area contributed by atoms with Crippen LogP contribution in [0, 0.1) is 0 Å². The maximum atomic E-state index is 6.37. The van der Waals surface area contributed by atoms with Crippen LogP contribution in [0.25, 0.3) is 22.3 Å². The fraction of sp³-hybridized carbons (Fsp3) is 0.379. The van der Waals surface area contributed by atoms with Gasteiger partial charge in [-0.2, -0.15) is 0 Å². The van der Waals surface area contributed by atoms with E-state index < -0.39 is 0 Å². The number of halogens is 2. The second kappa shape index (κ2) is 7.22. The van der Waals surface area contributed by atoms with Crippen molar-refractivity contribution in [2.75, 3.05) is 0 Å². The van der Waals surface area contributed by atoms with E-state index in [4.69, 9.17) is 11.6 Å². The van der Waals surface area contributed by atoms with Gasteiger partial charge in [0.2, 0.25) is 0 Å². The molecule has 0 unspecified atom stereocenters. The van der Waals surface area contributed by atoms with E-state index >= 15 is 0 Å². The average molecular weight is 496 g/mol. The maximum Gasteiger partial charge on any atom is 0.0409 e. The monoisotopic (exact) mass is 494 g/mol. The highest BCUT2D eigenvalue weighted by Gasteiger charge is 2.37. The summed E-state index contributed by atoms with van der Waals surface area (Å²) >= 11 is 10.3. The van der Waals surface area contributed by atoms with E-state index in [1.54, 1.807) is 0 Å². The number of benzene rings is 3. The Hall–Kier alpha value is -1.57. The maximum absolute atomic E-state index is 6.37. The van der Waals surface area contributed by atoms with Gasteiger partial charge in [-0.3, -0.25) is 0 Å². The van der Waals surface area contributed by atoms with Crippen LogP contribution in [-0.2, 0) is 16.2 Å². The van der Waals surface area contributed by atoms with E-state index in [2.05, 4.69) is 114 Å². The first-order valence-corrected chi connectivity index (χ1v) is 12.2. The molecule has 0 bridgehead atoms. The van der Waals surface area contributed by atoms with Gasteiger partial charge in [-0.15, -0.1) is 0 Å². The van der Waals surface area contributed by atoms with Crippen molar-refractivity contribution in [3.05, 3.63) is 80.3 Å². The van der Waals surface area contributed by atoms with E-state index in [-0.39, 0.29) is 16.2 Å². The zero-order valence-corrected chi connectivity index (χ0v) is 22.2. The largest absolute Gasteiger partial charge is 0.0843 e. The number of rotatable bonds is 1. The van der Waals surface area contributed by atoms with Gasteiger partial charge < -0.3 is 0 Å². The molecule has 0 radical (unpaired) electrons. The first kappa shape index (κ1) is 22.6. The fourth-order valence-corrected chi connectivity index (χ4v) is 5.81. The van der Waals surface area contributed by atoms with E-state index in [1.807, 2.05) is 6.07 Å². The summed E-state index contributed by atoms with van der Waals surface area (Å²) in [6.07, 6.45) is 0. The molecule has 2 heteroatoms. The van der Waals surface area contributed by atoms with Gasteiger partial charge in [0.05, 0.1) is 0 Å². The zero-order valence-electron chi connectivity index (χ0n) is 19.9. The van der Waals surface area contributed by atoms with Crippen LogP contribution in [0.2, 0.25) is 5.02 Å². The lowest BCUT2D eigenvalue weighted by molar-refractivity contribution is 0.569. The minimum absolute atomic E-state index is 0.0865. The molecular weight excluding hydrogens is 464 g/mol. The summed E-state index contributed by atoms with van der Waals surface area (Å²) in [5.74, 6) is 0. The van der Waals surface area contributed by atoms with E-state index in [0.717, 1.165) is 9.50 Å². The Morgan fingerprint density at radius 2 is 1.26 bits per heavy atom. The SMILES string of the molecule is CC(C)(C)c1cc(-c2cc(Br)c3c(c2)-c2ccc(Cl)cc2C3(C)C)cc(C(C)(C)C)c1. The smallest absolute Gasteiger partial charge is 0.0409 e. The van der Waals surface area contributed by atoms with Gasteiger partial charge in [0.15, 0.2) is 0 Å². The predicted molar refractivity (Wildman–Crippen MR) is 140 cm³/mol. The van der Waals surface area contributed by atoms with Gasteiger partial charge in [-0.1, -0.05) is 107 Å². The van der Waals surface area contributed by atoms with E-state index in [9.17, 15) is 0 Å². The molecule has 0 nitrogen and oxygen atoms in total. The molecule has 0 fully saturated rings. The molecule has 0 aliphatic heterocycles. The molecule has 0 spiro atoms. The van der Waals surface area contributed by atoms with Crippen LogP contribution >= 0.6 is 27.5 Å². The molecule has 4 rings (SSSR count). The van der Waals surface area contributed by atoms with Gasteiger partial charge in [-0.05, 0) is 79.6 Å². The third-order valence-electron chi connectivity index (χ3n) is 6.66. The first-order chi connectivity index (χ1) is 14.2. The summed E-state index contributed by atoms with van der Waals surface area (Å²) in [6.45, 7) is 18.3. The van der Waals surface area contributed by atoms with Crippen molar-refractivity contribution in [1.82, 2.24) is 0 Å². The minimum Gasteiger partial charge on any atom is -0.0843 e. The lowest BCUT2D eigenvalue weighted by atomic mass is 9.78. The summed E-state index contributed by atoms with van der Waals surface area (Å²) in [7, 11) is 0. The molecule has 3 aromatic carbocycles. The number of hydrogen-bond acceptors (Lipinski definition) is 0. The summed E-state index contributed by atoms with van der Waals surface area (Å²) < 4.78 is 1.16. The normalized spacial score (nSPS) is 15.0. The van der Waals surface area contributed by atoms with Gasteiger partial charge in [0.1, 0.15) is 0 Å². The van der Waals surface area contributed by atoms with Gasteiger partial charge in [0.25, 0.3) is 0 Å². The van der Waals surface area contributed by atoms with Crippen LogP contribution in [0.5, 0.6) is 0 Å². The molecule has 0 heterocycles. The third kappa shape index (κ3) is 3.89. The second-order valence-electron chi connectivity index (χ2n) is 11.5. The Bertz CT molecular complexity index is 1150. The molecule has 31 heavy (non-hydrogen) atoms.